The van der Waals surface area contributed by atoms with Gasteiger partial charge in [-0.2, -0.15) is 0 Å². The summed E-state index contributed by atoms with van der Waals surface area (Å²) in [6, 6.07) is 0. The normalized spacial score (nSPS) is 21.7. The average molecular weight is 214 g/mol. The van der Waals surface area contributed by atoms with Crippen LogP contribution in [0.4, 0.5) is 0 Å². The lowest BCUT2D eigenvalue weighted by Gasteiger charge is -2.25. The maximum atomic E-state index is 11.7. The quantitative estimate of drug-likeness (QED) is 0.702. The van der Waals surface area contributed by atoms with Gasteiger partial charge in [0.2, 0.25) is 5.91 Å². The zero-order valence-corrected chi connectivity index (χ0v) is 9.93. The van der Waals surface area contributed by atoms with E-state index in [0.29, 0.717) is 13.2 Å². The van der Waals surface area contributed by atoms with Crippen molar-refractivity contribution < 1.29 is 9.53 Å². The van der Waals surface area contributed by atoms with E-state index in [-0.39, 0.29) is 17.4 Å². The molecule has 1 aliphatic rings. The van der Waals surface area contributed by atoms with Gasteiger partial charge in [0.1, 0.15) is 0 Å². The van der Waals surface area contributed by atoms with Crippen LogP contribution >= 0.6 is 0 Å². The van der Waals surface area contributed by atoms with Crippen LogP contribution in [0, 0.1) is 5.92 Å². The number of amides is 1. The van der Waals surface area contributed by atoms with Crippen molar-refractivity contribution in [3.63, 3.8) is 0 Å². The number of carbonyl (C=O) groups excluding carboxylic acids is 1. The van der Waals surface area contributed by atoms with E-state index in [9.17, 15) is 4.79 Å². The fourth-order valence-corrected chi connectivity index (χ4v) is 1.76. The highest BCUT2D eigenvalue weighted by molar-refractivity contribution is 5.79. The molecule has 88 valence electrons. The van der Waals surface area contributed by atoms with Crippen molar-refractivity contribution in [1.82, 2.24) is 10.6 Å². The zero-order chi connectivity index (χ0) is 11.3. The molecule has 4 nitrogen and oxygen atoms in total. The number of hydrogen-bond donors (Lipinski definition) is 2. The second-order valence-electron chi connectivity index (χ2n) is 4.60. The number of hydrogen-bond acceptors (Lipinski definition) is 3. The van der Waals surface area contributed by atoms with Gasteiger partial charge >= 0.3 is 0 Å². The van der Waals surface area contributed by atoms with Crippen LogP contribution in [0.25, 0.3) is 0 Å². The number of rotatable bonds is 5. The monoisotopic (exact) mass is 214 g/mol. The van der Waals surface area contributed by atoms with Crippen molar-refractivity contribution in [1.29, 1.82) is 0 Å². The van der Waals surface area contributed by atoms with E-state index in [1.807, 2.05) is 20.8 Å². The number of nitrogens with one attached hydrogen (secondary N) is 2. The summed E-state index contributed by atoms with van der Waals surface area (Å²) < 4.78 is 5.51. The molecule has 1 amide bonds. The minimum Gasteiger partial charge on any atom is -0.374 e. The molecule has 1 saturated heterocycles. The van der Waals surface area contributed by atoms with Gasteiger partial charge < -0.3 is 15.4 Å². The molecule has 1 heterocycles. The van der Waals surface area contributed by atoms with E-state index < -0.39 is 0 Å². The van der Waals surface area contributed by atoms with Gasteiger partial charge in [-0.25, -0.2) is 0 Å². The Bertz CT molecular complexity index is 211. The Morgan fingerprint density at radius 3 is 2.87 bits per heavy atom. The predicted octanol–water partition coefficient (Wildman–Crippen LogP) is 0.527. The Hall–Kier alpha value is -0.610. The van der Waals surface area contributed by atoms with Crippen molar-refractivity contribution in [3.05, 3.63) is 0 Å². The minimum atomic E-state index is -0.267. The molecule has 0 spiro atoms. The topological polar surface area (TPSA) is 50.4 Å². The van der Waals surface area contributed by atoms with Gasteiger partial charge in [0, 0.05) is 19.7 Å². The molecule has 1 fully saturated rings. The maximum absolute atomic E-state index is 11.7. The highest BCUT2D eigenvalue weighted by Gasteiger charge is 2.24. The Kier molecular flexibility index (Phi) is 4.54. The lowest BCUT2D eigenvalue weighted by molar-refractivity contribution is -0.126. The van der Waals surface area contributed by atoms with Crippen LogP contribution in [0.3, 0.4) is 0 Å². The molecule has 0 aromatic rings. The SMILES string of the molecule is CCOC(C)(C)CNC(=O)C1CCNC1. The summed E-state index contributed by atoms with van der Waals surface area (Å²) in [5.41, 5.74) is -0.267. The summed E-state index contributed by atoms with van der Waals surface area (Å²) in [5.74, 6) is 0.287. The van der Waals surface area contributed by atoms with Gasteiger partial charge in [-0.05, 0) is 33.7 Å². The van der Waals surface area contributed by atoms with E-state index in [1.54, 1.807) is 0 Å². The Balaban J connectivity index is 2.26. The molecule has 1 aliphatic heterocycles. The van der Waals surface area contributed by atoms with E-state index in [0.717, 1.165) is 19.5 Å². The highest BCUT2D eigenvalue weighted by Crippen LogP contribution is 2.10. The van der Waals surface area contributed by atoms with E-state index >= 15 is 0 Å². The van der Waals surface area contributed by atoms with Crippen molar-refractivity contribution in [2.75, 3.05) is 26.2 Å². The molecule has 2 N–H and O–H groups in total. The van der Waals surface area contributed by atoms with Gasteiger partial charge in [-0.3, -0.25) is 4.79 Å². The van der Waals surface area contributed by atoms with Gasteiger partial charge in [-0.1, -0.05) is 0 Å². The molecule has 1 atom stereocenters. The van der Waals surface area contributed by atoms with Crippen molar-refractivity contribution >= 4 is 5.91 Å². The molecule has 0 radical (unpaired) electrons. The summed E-state index contributed by atoms with van der Waals surface area (Å²) >= 11 is 0. The first-order valence-electron chi connectivity index (χ1n) is 5.67. The molecular formula is C11H22N2O2. The van der Waals surface area contributed by atoms with E-state index in [2.05, 4.69) is 10.6 Å². The summed E-state index contributed by atoms with van der Waals surface area (Å²) in [5, 5.41) is 6.13. The molecule has 4 heteroatoms. The molecular weight excluding hydrogens is 192 g/mol. The van der Waals surface area contributed by atoms with Crippen molar-refractivity contribution in [2.24, 2.45) is 5.92 Å². The second kappa shape index (κ2) is 5.47. The predicted molar refractivity (Wildman–Crippen MR) is 59.7 cm³/mol. The first kappa shape index (κ1) is 12.5. The summed E-state index contributed by atoms with van der Waals surface area (Å²) in [7, 11) is 0. The largest absolute Gasteiger partial charge is 0.374 e. The smallest absolute Gasteiger partial charge is 0.224 e. The standard InChI is InChI=1S/C11H22N2O2/c1-4-15-11(2,3)8-13-10(14)9-5-6-12-7-9/h9,12H,4-8H2,1-3H3,(H,13,14). The molecule has 1 unspecified atom stereocenters. The van der Waals surface area contributed by atoms with Crippen molar-refractivity contribution in [2.45, 2.75) is 32.8 Å². The average Bonchev–Trinajstić information content (AvgIpc) is 2.67. The summed E-state index contributed by atoms with van der Waals surface area (Å²) in [6.07, 6.45) is 0.945. The molecule has 0 aromatic carbocycles. The molecule has 0 saturated carbocycles. The Morgan fingerprint density at radius 1 is 1.60 bits per heavy atom. The zero-order valence-electron chi connectivity index (χ0n) is 9.93. The van der Waals surface area contributed by atoms with Crippen molar-refractivity contribution in [3.8, 4) is 0 Å². The second-order valence-corrected chi connectivity index (χ2v) is 4.60. The van der Waals surface area contributed by atoms with Crippen LogP contribution in [-0.4, -0.2) is 37.7 Å². The molecule has 0 bridgehead atoms. The van der Waals surface area contributed by atoms with Crippen LogP contribution in [-0.2, 0) is 9.53 Å². The van der Waals surface area contributed by atoms with Gasteiger partial charge in [0.25, 0.3) is 0 Å². The fourth-order valence-electron chi connectivity index (χ4n) is 1.76. The van der Waals surface area contributed by atoms with Crippen LogP contribution in [0.15, 0.2) is 0 Å². The van der Waals surface area contributed by atoms with Crippen LogP contribution in [0.1, 0.15) is 27.2 Å². The number of ether oxygens (including phenoxy) is 1. The number of carbonyl (C=O) groups is 1. The minimum absolute atomic E-state index is 0.141. The highest BCUT2D eigenvalue weighted by atomic mass is 16.5. The van der Waals surface area contributed by atoms with Crippen LogP contribution < -0.4 is 10.6 Å². The molecule has 0 aliphatic carbocycles. The molecule has 1 rings (SSSR count). The van der Waals surface area contributed by atoms with E-state index in [1.165, 1.54) is 0 Å². The van der Waals surface area contributed by atoms with E-state index in [4.69, 9.17) is 4.74 Å². The lowest BCUT2D eigenvalue weighted by atomic mass is 10.1. The van der Waals surface area contributed by atoms with Crippen LogP contribution in [0.2, 0.25) is 0 Å². The van der Waals surface area contributed by atoms with Gasteiger partial charge in [0.05, 0.1) is 11.5 Å². The third kappa shape index (κ3) is 4.18. The third-order valence-electron chi connectivity index (χ3n) is 2.65. The Labute approximate surface area is 91.8 Å². The lowest BCUT2D eigenvalue weighted by Crippen LogP contribution is -2.43. The Morgan fingerprint density at radius 2 is 2.33 bits per heavy atom. The summed E-state index contributed by atoms with van der Waals surface area (Å²) in [4.78, 5) is 11.7. The van der Waals surface area contributed by atoms with Crippen LogP contribution in [0.5, 0.6) is 0 Å². The third-order valence-corrected chi connectivity index (χ3v) is 2.65. The molecule has 15 heavy (non-hydrogen) atoms. The van der Waals surface area contributed by atoms with Gasteiger partial charge in [0.15, 0.2) is 0 Å². The fraction of sp³-hybridized carbons (Fsp3) is 0.909. The molecule has 0 aromatic heterocycles. The first-order valence-corrected chi connectivity index (χ1v) is 5.67. The van der Waals surface area contributed by atoms with Gasteiger partial charge in [-0.15, -0.1) is 0 Å². The summed E-state index contributed by atoms with van der Waals surface area (Å²) in [6.45, 7) is 8.95. The first-order chi connectivity index (χ1) is 7.05. The maximum Gasteiger partial charge on any atom is 0.224 e.